The van der Waals surface area contributed by atoms with Crippen molar-refractivity contribution in [3.8, 4) is 17.0 Å². The van der Waals surface area contributed by atoms with Gasteiger partial charge in [-0.2, -0.15) is 0 Å². The monoisotopic (exact) mass is 359 g/mol. The predicted octanol–water partition coefficient (Wildman–Crippen LogP) is 3.76. The van der Waals surface area contributed by atoms with Crippen molar-refractivity contribution in [2.24, 2.45) is 5.92 Å². The standard InChI is InChI=1S/C19H25N3O2S/c1-13-7-9-22(10-8-13)18(23)14-5-6-17(24-4)15(11-14)16-12-25-19(20-16)21(2)3/h5-6,11-13H,7-10H2,1-4H3. The Labute approximate surface area is 153 Å². The maximum atomic E-state index is 12.9. The van der Waals surface area contributed by atoms with Crippen LogP contribution in [-0.4, -0.2) is 50.1 Å². The highest BCUT2D eigenvalue weighted by molar-refractivity contribution is 7.14. The van der Waals surface area contributed by atoms with E-state index in [-0.39, 0.29) is 5.91 Å². The summed E-state index contributed by atoms with van der Waals surface area (Å²) in [5.41, 5.74) is 2.40. The first kappa shape index (κ1) is 17.7. The summed E-state index contributed by atoms with van der Waals surface area (Å²) >= 11 is 1.58. The molecule has 2 aromatic rings. The Bertz CT molecular complexity index is 749. The molecule has 0 spiro atoms. The van der Waals surface area contributed by atoms with E-state index in [1.54, 1.807) is 18.4 Å². The molecule has 0 unspecified atom stereocenters. The molecule has 1 fully saturated rings. The molecule has 1 saturated heterocycles. The van der Waals surface area contributed by atoms with Crippen molar-refractivity contribution in [2.75, 3.05) is 39.2 Å². The van der Waals surface area contributed by atoms with Crippen molar-refractivity contribution in [2.45, 2.75) is 19.8 Å². The molecule has 0 saturated carbocycles. The molecule has 2 heterocycles. The van der Waals surface area contributed by atoms with Gasteiger partial charge in [0, 0.05) is 43.7 Å². The zero-order chi connectivity index (χ0) is 18.0. The molecule has 0 N–H and O–H groups in total. The minimum atomic E-state index is 0.0962. The van der Waals surface area contributed by atoms with E-state index in [1.165, 1.54) is 0 Å². The number of rotatable bonds is 4. The molecule has 3 rings (SSSR count). The second-order valence-electron chi connectivity index (χ2n) is 6.80. The van der Waals surface area contributed by atoms with Crippen molar-refractivity contribution in [1.82, 2.24) is 9.88 Å². The lowest BCUT2D eigenvalue weighted by Gasteiger charge is -2.30. The summed E-state index contributed by atoms with van der Waals surface area (Å²) in [6, 6.07) is 5.62. The Morgan fingerprint density at radius 2 is 2.04 bits per heavy atom. The third-order valence-electron chi connectivity index (χ3n) is 4.67. The number of methoxy groups -OCH3 is 1. The fraction of sp³-hybridized carbons (Fsp3) is 0.474. The highest BCUT2D eigenvalue weighted by Crippen LogP contribution is 2.34. The van der Waals surface area contributed by atoms with Crippen molar-refractivity contribution < 1.29 is 9.53 Å². The fourth-order valence-corrected chi connectivity index (χ4v) is 3.79. The second kappa shape index (κ2) is 7.44. The van der Waals surface area contributed by atoms with Crippen LogP contribution in [0.5, 0.6) is 5.75 Å². The van der Waals surface area contributed by atoms with Gasteiger partial charge in [-0.3, -0.25) is 4.79 Å². The Morgan fingerprint density at radius 1 is 1.32 bits per heavy atom. The number of hydrogen-bond donors (Lipinski definition) is 0. The van der Waals surface area contributed by atoms with Crippen molar-refractivity contribution in [3.05, 3.63) is 29.1 Å². The van der Waals surface area contributed by atoms with E-state index < -0.39 is 0 Å². The molecule has 1 aromatic carbocycles. The summed E-state index contributed by atoms with van der Waals surface area (Å²) in [5, 5.41) is 2.93. The number of benzene rings is 1. The number of carbonyl (C=O) groups is 1. The first-order valence-corrected chi connectivity index (χ1v) is 9.48. The van der Waals surface area contributed by atoms with Gasteiger partial charge in [-0.15, -0.1) is 11.3 Å². The molecular weight excluding hydrogens is 334 g/mol. The smallest absolute Gasteiger partial charge is 0.253 e. The van der Waals surface area contributed by atoms with Crippen LogP contribution in [0.15, 0.2) is 23.6 Å². The van der Waals surface area contributed by atoms with E-state index in [0.717, 1.165) is 48.1 Å². The summed E-state index contributed by atoms with van der Waals surface area (Å²) in [5.74, 6) is 1.54. The van der Waals surface area contributed by atoms with Gasteiger partial charge in [0.2, 0.25) is 0 Å². The average Bonchev–Trinajstić information content (AvgIpc) is 3.11. The Hall–Kier alpha value is -2.08. The number of nitrogens with zero attached hydrogens (tertiary/aromatic N) is 3. The van der Waals surface area contributed by atoms with Crippen LogP contribution in [0, 0.1) is 5.92 Å². The zero-order valence-electron chi connectivity index (χ0n) is 15.3. The van der Waals surface area contributed by atoms with E-state index in [4.69, 9.17) is 4.74 Å². The SMILES string of the molecule is COc1ccc(C(=O)N2CCC(C)CC2)cc1-c1csc(N(C)C)n1. The topological polar surface area (TPSA) is 45.7 Å². The zero-order valence-corrected chi connectivity index (χ0v) is 16.1. The minimum absolute atomic E-state index is 0.0962. The third kappa shape index (κ3) is 3.79. The number of amides is 1. The maximum absolute atomic E-state index is 12.9. The van der Waals surface area contributed by atoms with Crippen molar-refractivity contribution in [1.29, 1.82) is 0 Å². The molecule has 0 atom stereocenters. The molecule has 6 heteroatoms. The number of thiazole rings is 1. The first-order valence-electron chi connectivity index (χ1n) is 8.60. The molecule has 5 nitrogen and oxygen atoms in total. The molecule has 1 aromatic heterocycles. The van der Waals surface area contributed by atoms with E-state index in [9.17, 15) is 4.79 Å². The number of piperidine rings is 1. The molecule has 0 aliphatic carbocycles. The molecule has 134 valence electrons. The molecule has 1 amide bonds. The summed E-state index contributed by atoms with van der Waals surface area (Å²) in [7, 11) is 5.58. The van der Waals surface area contributed by atoms with Crippen LogP contribution in [0.2, 0.25) is 0 Å². The number of aromatic nitrogens is 1. The van der Waals surface area contributed by atoms with E-state index >= 15 is 0 Å². The van der Waals surface area contributed by atoms with Gasteiger partial charge in [0.05, 0.1) is 12.8 Å². The molecule has 1 aliphatic rings. The summed E-state index contributed by atoms with van der Waals surface area (Å²) in [6.45, 7) is 3.92. The summed E-state index contributed by atoms with van der Waals surface area (Å²) in [6.07, 6.45) is 2.15. The molecule has 1 aliphatic heterocycles. The minimum Gasteiger partial charge on any atom is -0.496 e. The molecular formula is C19H25N3O2S. The number of hydrogen-bond acceptors (Lipinski definition) is 5. The van der Waals surface area contributed by atoms with Gasteiger partial charge in [-0.25, -0.2) is 4.98 Å². The molecule has 0 radical (unpaired) electrons. The van der Waals surface area contributed by atoms with Gasteiger partial charge in [0.25, 0.3) is 5.91 Å². The highest BCUT2D eigenvalue weighted by Gasteiger charge is 2.23. The van der Waals surface area contributed by atoms with Crippen LogP contribution in [0.1, 0.15) is 30.1 Å². The van der Waals surface area contributed by atoms with Gasteiger partial charge in [0.15, 0.2) is 5.13 Å². The van der Waals surface area contributed by atoms with Crippen molar-refractivity contribution >= 4 is 22.4 Å². The first-order chi connectivity index (χ1) is 12.0. The number of ether oxygens (including phenoxy) is 1. The number of anilines is 1. The molecule has 25 heavy (non-hydrogen) atoms. The van der Waals surface area contributed by atoms with Gasteiger partial charge in [0.1, 0.15) is 5.75 Å². The predicted molar refractivity (Wildman–Crippen MR) is 103 cm³/mol. The molecule has 0 bridgehead atoms. The van der Waals surface area contributed by atoms with Crippen LogP contribution >= 0.6 is 11.3 Å². The van der Waals surface area contributed by atoms with Gasteiger partial charge >= 0.3 is 0 Å². The largest absolute Gasteiger partial charge is 0.496 e. The van der Waals surface area contributed by atoms with Crippen LogP contribution in [0.3, 0.4) is 0 Å². The van der Waals surface area contributed by atoms with Crippen molar-refractivity contribution in [3.63, 3.8) is 0 Å². The average molecular weight is 359 g/mol. The highest BCUT2D eigenvalue weighted by atomic mass is 32.1. The third-order valence-corrected chi connectivity index (χ3v) is 5.68. The normalized spacial score (nSPS) is 15.3. The van der Waals surface area contributed by atoms with Crippen LogP contribution in [0.4, 0.5) is 5.13 Å². The lowest BCUT2D eigenvalue weighted by molar-refractivity contribution is 0.0697. The Morgan fingerprint density at radius 3 is 2.64 bits per heavy atom. The van der Waals surface area contributed by atoms with E-state index in [2.05, 4.69) is 11.9 Å². The van der Waals surface area contributed by atoms with Crippen LogP contribution in [0.25, 0.3) is 11.3 Å². The van der Waals surface area contributed by atoms with Crippen LogP contribution < -0.4 is 9.64 Å². The van der Waals surface area contributed by atoms with E-state index in [1.807, 2.05) is 47.5 Å². The summed E-state index contributed by atoms with van der Waals surface area (Å²) < 4.78 is 5.49. The second-order valence-corrected chi connectivity index (χ2v) is 7.64. The fourth-order valence-electron chi connectivity index (χ4n) is 3.03. The Kier molecular flexibility index (Phi) is 5.27. The van der Waals surface area contributed by atoms with E-state index in [0.29, 0.717) is 11.5 Å². The van der Waals surface area contributed by atoms with Gasteiger partial charge in [-0.05, 0) is 37.0 Å². The quantitative estimate of drug-likeness (QED) is 0.834. The van der Waals surface area contributed by atoms with Gasteiger partial charge < -0.3 is 14.5 Å². The lowest BCUT2D eigenvalue weighted by Crippen LogP contribution is -2.37. The lowest BCUT2D eigenvalue weighted by atomic mass is 9.98. The summed E-state index contributed by atoms with van der Waals surface area (Å²) in [4.78, 5) is 21.4. The van der Waals surface area contributed by atoms with Crippen LogP contribution in [-0.2, 0) is 0 Å². The van der Waals surface area contributed by atoms with Gasteiger partial charge in [-0.1, -0.05) is 6.92 Å². The maximum Gasteiger partial charge on any atom is 0.253 e. The Balaban J connectivity index is 1.90. The number of carbonyl (C=O) groups excluding carboxylic acids is 1. The number of likely N-dealkylation sites (tertiary alicyclic amines) is 1.